The van der Waals surface area contributed by atoms with Gasteiger partial charge in [-0.1, -0.05) is 18.2 Å². The largest absolute Gasteiger partial charge is 0.513 e. The second-order valence-electron chi connectivity index (χ2n) is 2.61. The number of aliphatic hydroxyl groups is 1. The Morgan fingerprint density at radius 1 is 1.36 bits per heavy atom. The van der Waals surface area contributed by atoms with E-state index in [1.165, 1.54) is 6.92 Å². The number of Topliss-reactive ketones (excluding diaryl/α,β-unsaturated/α-hetero) is 1. The Balaban J connectivity index is 2.78. The number of azo groups is 1. The zero-order valence-electron chi connectivity index (χ0n) is 7.71. The molecular weight excluding hydrogens is 180 g/mol. The molecule has 0 amide bonds. The first-order valence-corrected chi connectivity index (χ1v) is 4.06. The van der Waals surface area contributed by atoms with Gasteiger partial charge in [0, 0.05) is 6.92 Å². The van der Waals surface area contributed by atoms with Crippen LogP contribution in [0.3, 0.4) is 0 Å². The molecule has 1 aromatic rings. The van der Waals surface area contributed by atoms with Gasteiger partial charge in [0.05, 0.1) is 5.69 Å². The molecule has 1 N–H and O–H groups in total. The van der Waals surface area contributed by atoms with Gasteiger partial charge in [-0.05, 0) is 12.1 Å². The minimum atomic E-state index is -0.327. The molecule has 0 aliphatic carbocycles. The van der Waals surface area contributed by atoms with Crippen molar-refractivity contribution >= 4 is 11.5 Å². The van der Waals surface area contributed by atoms with Gasteiger partial charge in [0.2, 0.25) is 0 Å². The SMILES string of the molecule is CC(=O)/C(=C\O)N=Nc1ccccc1. The van der Waals surface area contributed by atoms with E-state index < -0.39 is 0 Å². The highest BCUT2D eigenvalue weighted by molar-refractivity contribution is 5.92. The van der Waals surface area contributed by atoms with Crippen LogP contribution in [0.2, 0.25) is 0 Å². The van der Waals surface area contributed by atoms with Crippen LogP contribution < -0.4 is 0 Å². The molecular formula is C10H10N2O2. The van der Waals surface area contributed by atoms with Gasteiger partial charge in [0.25, 0.3) is 0 Å². The van der Waals surface area contributed by atoms with Crippen LogP contribution in [0.15, 0.2) is 52.5 Å². The van der Waals surface area contributed by atoms with E-state index in [2.05, 4.69) is 10.2 Å². The normalized spacial score (nSPS) is 11.9. The van der Waals surface area contributed by atoms with Crippen LogP contribution in [-0.4, -0.2) is 10.9 Å². The average molecular weight is 190 g/mol. The summed E-state index contributed by atoms with van der Waals surface area (Å²) in [6.45, 7) is 1.31. The Hall–Kier alpha value is -1.97. The molecule has 4 heteroatoms. The fourth-order valence-electron chi connectivity index (χ4n) is 0.793. The minimum Gasteiger partial charge on any atom is -0.513 e. The van der Waals surface area contributed by atoms with Crippen molar-refractivity contribution in [3.05, 3.63) is 42.3 Å². The highest BCUT2D eigenvalue weighted by Crippen LogP contribution is 2.12. The van der Waals surface area contributed by atoms with E-state index in [-0.39, 0.29) is 11.5 Å². The molecule has 0 aromatic heterocycles. The fraction of sp³-hybridized carbons (Fsp3) is 0.100. The maximum atomic E-state index is 10.8. The first-order valence-electron chi connectivity index (χ1n) is 4.06. The second kappa shape index (κ2) is 4.91. The summed E-state index contributed by atoms with van der Waals surface area (Å²) in [5.74, 6) is -0.327. The van der Waals surface area contributed by atoms with E-state index in [4.69, 9.17) is 5.11 Å². The molecule has 0 unspecified atom stereocenters. The minimum absolute atomic E-state index is 0.0612. The van der Waals surface area contributed by atoms with E-state index in [0.717, 1.165) is 0 Å². The van der Waals surface area contributed by atoms with Crippen LogP contribution in [-0.2, 0) is 4.79 Å². The summed E-state index contributed by atoms with van der Waals surface area (Å²) in [5, 5.41) is 16.0. The highest BCUT2D eigenvalue weighted by Gasteiger charge is 2.00. The smallest absolute Gasteiger partial charge is 0.183 e. The predicted molar refractivity (Wildman–Crippen MR) is 52.4 cm³/mol. The molecule has 0 saturated carbocycles. The Morgan fingerprint density at radius 3 is 2.50 bits per heavy atom. The van der Waals surface area contributed by atoms with Crippen molar-refractivity contribution in [3.8, 4) is 0 Å². The zero-order valence-corrected chi connectivity index (χ0v) is 7.71. The molecule has 0 spiro atoms. The summed E-state index contributed by atoms with van der Waals surface area (Å²) in [6.07, 6.45) is 0.648. The van der Waals surface area contributed by atoms with Gasteiger partial charge in [-0.3, -0.25) is 4.79 Å². The van der Waals surface area contributed by atoms with Crippen molar-refractivity contribution in [2.24, 2.45) is 10.2 Å². The summed E-state index contributed by atoms with van der Waals surface area (Å²) in [5.41, 5.74) is 0.571. The van der Waals surface area contributed by atoms with Crippen LogP contribution >= 0.6 is 0 Å². The molecule has 0 radical (unpaired) electrons. The van der Waals surface area contributed by atoms with Gasteiger partial charge < -0.3 is 5.11 Å². The van der Waals surface area contributed by atoms with Crippen LogP contribution in [0.25, 0.3) is 0 Å². The van der Waals surface area contributed by atoms with E-state index in [1.54, 1.807) is 12.1 Å². The number of aliphatic hydroxyl groups excluding tert-OH is 1. The lowest BCUT2D eigenvalue weighted by Gasteiger charge is -1.92. The third-order valence-corrected chi connectivity index (χ3v) is 1.51. The monoisotopic (exact) mass is 190 g/mol. The van der Waals surface area contributed by atoms with Gasteiger partial charge in [-0.2, -0.15) is 5.11 Å². The van der Waals surface area contributed by atoms with Gasteiger partial charge in [0.1, 0.15) is 6.26 Å². The van der Waals surface area contributed by atoms with Gasteiger partial charge in [-0.15, -0.1) is 5.11 Å². The standard InChI is InChI=1S/C10H10N2O2/c1-8(14)10(7-13)12-11-9-5-3-2-4-6-9/h2-7,13H,1H3/b10-7+,12-11?. The molecule has 0 aliphatic rings. The number of carbonyl (C=O) groups is 1. The van der Waals surface area contributed by atoms with Gasteiger partial charge in [-0.25, -0.2) is 0 Å². The zero-order chi connectivity index (χ0) is 10.4. The van der Waals surface area contributed by atoms with Gasteiger partial charge >= 0.3 is 0 Å². The molecule has 4 nitrogen and oxygen atoms in total. The number of nitrogens with zero attached hydrogens (tertiary/aromatic N) is 2. The van der Waals surface area contributed by atoms with Crippen LogP contribution in [0.1, 0.15) is 6.92 Å². The van der Waals surface area contributed by atoms with Crippen LogP contribution in [0, 0.1) is 0 Å². The maximum absolute atomic E-state index is 10.8. The third-order valence-electron chi connectivity index (χ3n) is 1.51. The molecule has 14 heavy (non-hydrogen) atoms. The molecule has 0 bridgehead atoms. The van der Waals surface area contributed by atoms with E-state index in [0.29, 0.717) is 11.9 Å². The lowest BCUT2D eigenvalue weighted by atomic mass is 10.3. The molecule has 72 valence electrons. The fourth-order valence-corrected chi connectivity index (χ4v) is 0.793. The first-order chi connectivity index (χ1) is 6.74. The number of allylic oxidation sites excluding steroid dienone is 1. The quantitative estimate of drug-likeness (QED) is 0.452. The summed E-state index contributed by atoms with van der Waals surface area (Å²) < 4.78 is 0. The molecule has 1 aromatic carbocycles. The van der Waals surface area contributed by atoms with E-state index >= 15 is 0 Å². The molecule has 0 fully saturated rings. The van der Waals surface area contributed by atoms with Crippen molar-refractivity contribution in [2.45, 2.75) is 6.92 Å². The van der Waals surface area contributed by atoms with Crippen molar-refractivity contribution in [3.63, 3.8) is 0 Å². The molecule has 0 atom stereocenters. The molecule has 0 saturated heterocycles. The number of rotatable bonds is 3. The Morgan fingerprint density at radius 2 is 2.00 bits per heavy atom. The lowest BCUT2D eigenvalue weighted by molar-refractivity contribution is -0.113. The Bertz CT molecular complexity index is 369. The van der Waals surface area contributed by atoms with Crippen molar-refractivity contribution < 1.29 is 9.90 Å². The summed E-state index contributed by atoms with van der Waals surface area (Å²) in [7, 11) is 0. The molecule has 1 rings (SSSR count). The average Bonchev–Trinajstić information content (AvgIpc) is 2.20. The molecule has 0 heterocycles. The Labute approximate surface area is 81.6 Å². The predicted octanol–water partition coefficient (Wildman–Crippen LogP) is 2.76. The number of benzene rings is 1. The second-order valence-corrected chi connectivity index (χ2v) is 2.61. The molecule has 0 aliphatic heterocycles. The van der Waals surface area contributed by atoms with Crippen molar-refractivity contribution in [1.82, 2.24) is 0 Å². The van der Waals surface area contributed by atoms with Crippen LogP contribution in [0.4, 0.5) is 5.69 Å². The lowest BCUT2D eigenvalue weighted by Crippen LogP contribution is -1.91. The number of hydrogen-bond acceptors (Lipinski definition) is 4. The third kappa shape index (κ3) is 2.82. The number of hydrogen-bond donors (Lipinski definition) is 1. The number of carbonyl (C=O) groups excluding carboxylic acids is 1. The topological polar surface area (TPSA) is 62.0 Å². The summed E-state index contributed by atoms with van der Waals surface area (Å²) in [4.78, 5) is 10.8. The summed E-state index contributed by atoms with van der Waals surface area (Å²) in [6, 6.07) is 8.97. The Kier molecular flexibility index (Phi) is 3.55. The van der Waals surface area contributed by atoms with E-state index in [9.17, 15) is 4.79 Å². The number of ketones is 1. The maximum Gasteiger partial charge on any atom is 0.183 e. The van der Waals surface area contributed by atoms with Crippen LogP contribution in [0.5, 0.6) is 0 Å². The van der Waals surface area contributed by atoms with Crippen molar-refractivity contribution in [2.75, 3.05) is 0 Å². The van der Waals surface area contributed by atoms with Crippen molar-refractivity contribution in [1.29, 1.82) is 0 Å². The summed E-state index contributed by atoms with van der Waals surface area (Å²) >= 11 is 0. The first kappa shape index (κ1) is 10.1. The van der Waals surface area contributed by atoms with Gasteiger partial charge in [0.15, 0.2) is 11.5 Å². The van der Waals surface area contributed by atoms with E-state index in [1.807, 2.05) is 18.2 Å². The highest BCUT2D eigenvalue weighted by atomic mass is 16.2.